The summed E-state index contributed by atoms with van der Waals surface area (Å²) in [6.07, 6.45) is -3.13. The van der Waals surface area contributed by atoms with Gasteiger partial charge in [0.15, 0.2) is 0 Å². The number of nitrogens with zero attached hydrogens (tertiary/aromatic N) is 1. The molecule has 0 radical (unpaired) electrons. The minimum atomic E-state index is -4.17. The summed E-state index contributed by atoms with van der Waals surface area (Å²) in [6, 6.07) is 8.89. The summed E-state index contributed by atoms with van der Waals surface area (Å²) >= 11 is 0. The number of piperidine rings is 1. The van der Waals surface area contributed by atoms with Crippen LogP contribution in [0.25, 0.3) is 0 Å². The number of halogens is 3. The van der Waals surface area contributed by atoms with Crippen LogP contribution in [0.15, 0.2) is 30.3 Å². The number of benzene rings is 1. The Morgan fingerprint density at radius 2 is 1.88 bits per heavy atom. The summed E-state index contributed by atoms with van der Waals surface area (Å²) in [6.45, 7) is 1.56. The van der Waals surface area contributed by atoms with Gasteiger partial charge >= 0.3 is 6.18 Å². The highest BCUT2D eigenvalue weighted by molar-refractivity contribution is 5.79. The highest BCUT2D eigenvalue weighted by atomic mass is 19.4. The van der Waals surface area contributed by atoms with Gasteiger partial charge in [-0.05, 0) is 18.4 Å². The minimum absolute atomic E-state index is 0.0904. The molecule has 1 aliphatic heterocycles. The van der Waals surface area contributed by atoms with Gasteiger partial charge in [0.25, 0.3) is 0 Å². The number of hydrogen-bond acceptors (Lipinski definition) is 3. The van der Waals surface area contributed by atoms with Gasteiger partial charge < -0.3 is 11.1 Å². The molecule has 24 heavy (non-hydrogen) atoms. The second kappa shape index (κ2) is 7.98. The molecule has 1 saturated heterocycles. The lowest BCUT2D eigenvalue weighted by Gasteiger charge is -2.33. The summed E-state index contributed by atoms with van der Waals surface area (Å²) in [5.41, 5.74) is 7.03. The molecule has 7 heteroatoms. The van der Waals surface area contributed by atoms with Gasteiger partial charge in [-0.2, -0.15) is 13.2 Å². The molecule has 3 N–H and O–H groups in total. The average molecular weight is 343 g/mol. The summed E-state index contributed by atoms with van der Waals surface area (Å²) in [7, 11) is 0. The number of carbonyl (C=O) groups excluding carboxylic acids is 1. The number of nitrogens with two attached hydrogens (primary N) is 1. The van der Waals surface area contributed by atoms with E-state index >= 15 is 0 Å². The Bertz CT molecular complexity index is 528. The number of carbonyl (C=O) groups is 1. The molecule has 2 unspecified atom stereocenters. The quantitative estimate of drug-likeness (QED) is 0.863. The molecule has 0 aromatic heterocycles. The fraction of sp³-hybridized carbons (Fsp3) is 0.588. The van der Waals surface area contributed by atoms with Crippen molar-refractivity contribution in [1.82, 2.24) is 10.2 Å². The van der Waals surface area contributed by atoms with Crippen molar-refractivity contribution in [3.63, 3.8) is 0 Å². The molecule has 0 spiro atoms. The van der Waals surface area contributed by atoms with Crippen LogP contribution < -0.4 is 11.1 Å². The van der Waals surface area contributed by atoms with Crippen LogP contribution in [0.3, 0.4) is 0 Å². The molecule has 134 valence electrons. The van der Waals surface area contributed by atoms with E-state index in [1.807, 2.05) is 30.3 Å². The first-order chi connectivity index (χ1) is 11.3. The van der Waals surface area contributed by atoms with Crippen LogP contribution in [0.5, 0.6) is 0 Å². The third-order valence-corrected chi connectivity index (χ3v) is 4.47. The molecular formula is C17H24F3N3O. The van der Waals surface area contributed by atoms with Crippen LogP contribution in [0.1, 0.15) is 31.4 Å². The molecule has 1 aliphatic rings. The lowest BCUT2D eigenvalue weighted by molar-refractivity contribution is -0.148. The first-order valence-electron chi connectivity index (χ1n) is 8.16. The predicted octanol–water partition coefficient (Wildman–Crippen LogP) is 2.47. The maximum atomic E-state index is 12.4. The lowest BCUT2D eigenvalue weighted by atomic mass is 9.94. The molecule has 0 saturated carbocycles. The smallest absolute Gasteiger partial charge is 0.353 e. The molecule has 2 rings (SSSR count). The molecule has 1 aromatic rings. The molecule has 1 amide bonds. The van der Waals surface area contributed by atoms with E-state index in [4.69, 9.17) is 5.73 Å². The van der Waals surface area contributed by atoms with Crippen molar-refractivity contribution in [1.29, 1.82) is 0 Å². The first kappa shape index (κ1) is 18.7. The van der Waals surface area contributed by atoms with Crippen molar-refractivity contribution in [2.45, 2.75) is 38.0 Å². The molecule has 1 fully saturated rings. The summed E-state index contributed by atoms with van der Waals surface area (Å²) in [5, 5.41) is 2.93. The van der Waals surface area contributed by atoms with E-state index in [1.54, 1.807) is 6.92 Å². The van der Waals surface area contributed by atoms with Gasteiger partial charge in [0, 0.05) is 25.2 Å². The average Bonchev–Trinajstić information content (AvgIpc) is 2.54. The highest BCUT2D eigenvalue weighted by Crippen LogP contribution is 2.22. The van der Waals surface area contributed by atoms with E-state index in [9.17, 15) is 18.0 Å². The topological polar surface area (TPSA) is 58.4 Å². The predicted molar refractivity (Wildman–Crippen MR) is 86.2 cm³/mol. The Hall–Kier alpha value is -1.60. The van der Waals surface area contributed by atoms with Crippen LogP contribution in [0.2, 0.25) is 0 Å². The standard InChI is InChI=1S/C17H24F3N3O/c1-12(15(21)13-5-3-2-4-6-13)16(24)22-14-7-9-23(10-8-14)11-17(18,19)20/h2-6,12,14-15H,7-11,21H2,1H3,(H,22,24). The highest BCUT2D eigenvalue weighted by Gasteiger charge is 2.33. The van der Waals surface area contributed by atoms with E-state index < -0.39 is 24.7 Å². The van der Waals surface area contributed by atoms with Crippen molar-refractivity contribution >= 4 is 5.91 Å². The molecule has 4 nitrogen and oxygen atoms in total. The van der Waals surface area contributed by atoms with E-state index in [1.165, 1.54) is 4.90 Å². The number of likely N-dealkylation sites (tertiary alicyclic amines) is 1. The van der Waals surface area contributed by atoms with Gasteiger partial charge in [-0.15, -0.1) is 0 Å². The fourth-order valence-electron chi connectivity index (χ4n) is 2.95. The zero-order valence-corrected chi connectivity index (χ0v) is 13.7. The number of alkyl halides is 3. The Labute approximate surface area is 140 Å². The molecule has 1 aromatic carbocycles. The maximum Gasteiger partial charge on any atom is 0.401 e. The second-order valence-corrected chi connectivity index (χ2v) is 6.40. The van der Waals surface area contributed by atoms with Gasteiger partial charge in [-0.1, -0.05) is 37.3 Å². The van der Waals surface area contributed by atoms with Crippen molar-refractivity contribution in [2.24, 2.45) is 11.7 Å². The molecule has 0 aliphatic carbocycles. The van der Waals surface area contributed by atoms with Gasteiger partial charge in [-0.3, -0.25) is 9.69 Å². The number of rotatable bonds is 5. The Balaban J connectivity index is 1.81. The largest absolute Gasteiger partial charge is 0.401 e. The zero-order valence-electron chi connectivity index (χ0n) is 13.7. The van der Waals surface area contributed by atoms with Gasteiger partial charge in [0.2, 0.25) is 5.91 Å². The van der Waals surface area contributed by atoms with Crippen molar-refractivity contribution in [3.05, 3.63) is 35.9 Å². The normalized spacial score (nSPS) is 19.7. The first-order valence-corrected chi connectivity index (χ1v) is 8.16. The zero-order chi connectivity index (χ0) is 17.7. The van der Waals surface area contributed by atoms with Gasteiger partial charge in [-0.25, -0.2) is 0 Å². The number of nitrogens with one attached hydrogen (secondary N) is 1. The summed E-state index contributed by atoms with van der Waals surface area (Å²) in [4.78, 5) is 13.7. The van der Waals surface area contributed by atoms with Crippen LogP contribution >= 0.6 is 0 Å². The fourth-order valence-corrected chi connectivity index (χ4v) is 2.95. The number of amides is 1. The lowest BCUT2D eigenvalue weighted by Crippen LogP contribution is -2.48. The maximum absolute atomic E-state index is 12.4. The van der Waals surface area contributed by atoms with Gasteiger partial charge in [0.05, 0.1) is 12.5 Å². The third kappa shape index (κ3) is 5.49. The van der Waals surface area contributed by atoms with E-state index in [0.717, 1.165) is 5.56 Å². The van der Waals surface area contributed by atoms with E-state index in [-0.39, 0.29) is 11.9 Å². The van der Waals surface area contributed by atoms with Crippen molar-refractivity contribution < 1.29 is 18.0 Å². The third-order valence-electron chi connectivity index (χ3n) is 4.47. The Morgan fingerprint density at radius 3 is 2.42 bits per heavy atom. The molecule has 0 bridgehead atoms. The Morgan fingerprint density at radius 1 is 1.29 bits per heavy atom. The number of hydrogen-bond donors (Lipinski definition) is 2. The Kier molecular flexibility index (Phi) is 6.23. The van der Waals surface area contributed by atoms with Crippen LogP contribution in [-0.2, 0) is 4.79 Å². The minimum Gasteiger partial charge on any atom is -0.353 e. The van der Waals surface area contributed by atoms with Crippen molar-refractivity contribution in [3.8, 4) is 0 Å². The molecular weight excluding hydrogens is 319 g/mol. The van der Waals surface area contributed by atoms with Crippen molar-refractivity contribution in [2.75, 3.05) is 19.6 Å². The van der Waals surface area contributed by atoms with Crippen LogP contribution in [-0.4, -0.2) is 42.7 Å². The monoisotopic (exact) mass is 343 g/mol. The van der Waals surface area contributed by atoms with Crippen LogP contribution in [0, 0.1) is 5.92 Å². The van der Waals surface area contributed by atoms with Gasteiger partial charge in [0.1, 0.15) is 0 Å². The second-order valence-electron chi connectivity index (χ2n) is 6.40. The van der Waals surface area contributed by atoms with E-state index in [2.05, 4.69) is 5.32 Å². The molecule has 2 atom stereocenters. The van der Waals surface area contributed by atoms with Crippen LogP contribution in [0.4, 0.5) is 13.2 Å². The summed E-state index contributed by atoms with van der Waals surface area (Å²) < 4.78 is 37.1. The summed E-state index contributed by atoms with van der Waals surface area (Å²) in [5.74, 6) is -0.554. The molecule has 1 heterocycles. The van der Waals surface area contributed by atoms with E-state index in [0.29, 0.717) is 25.9 Å². The SMILES string of the molecule is CC(C(=O)NC1CCN(CC(F)(F)F)CC1)C(N)c1ccccc1.